The van der Waals surface area contributed by atoms with Crippen LogP contribution in [0.15, 0.2) is 40.8 Å². The van der Waals surface area contributed by atoms with Crippen LogP contribution in [0.2, 0.25) is 5.02 Å². The lowest BCUT2D eigenvalue weighted by Crippen LogP contribution is -2.16. The quantitative estimate of drug-likeness (QED) is 0.489. The molecule has 0 unspecified atom stereocenters. The number of aromatic nitrogens is 1. The van der Waals surface area contributed by atoms with E-state index in [0.717, 1.165) is 16.7 Å². The maximum absolute atomic E-state index is 6.16. The molecule has 0 aliphatic rings. The first-order chi connectivity index (χ1) is 11.1. The van der Waals surface area contributed by atoms with Gasteiger partial charge >= 0.3 is 0 Å². The summed E-state index contributed by atoms with van der Waals surface area (Å²) >= 11 is 6.11. The second-order valence-corrected chi connectivity index (χ2v) is 8.84. The van der Waals surface area contributed by atoms with Gasteiger partial charge < -0.3 is 4.42 Å². The third-order valence-corrected chi connectivity index (χ3v) is 4.47. The zero-order chi connectivity index (χ0) is 17.7. The second-order valence-electron chi connectivity index (χ2n) is 8.40. The highest BCUT2D eigenvalue weighted by Crippen LogP contribution is 2.37. The summed E-state index contributed by atoms with van der Waals surface area (Å²) in [6.07, 6.45) is 0. The molecule has 126 valence electrons. The van der Waals surface area contributed by atoms with E-state index in [2.05, 4.69) is 53.7 Å². The smallest absolute Gasteiger partial charge is 0.227 e. The Morgan fingerprint density at radius 3 is 2.21 bits per heavy atom. The molecule has 2 nitrogen and oxygen atoms in total. The summed E-state index contributed by atoms with van der Waals surface area (Å²) in [6.45, 7) is 13.3. The number of rotatable bonds is 1. The van der Waals surface area contributed by atoms with Gasteiger partial charge in [0.1, 0.15) is 5.52 Å². The third-order valence-electron chi connectivity index (χ3n) is 4.24. The molecule has 0 fully saturated rings. The highest BCUT2D eigenvalue weighted by molar-refractivity contribution is 6.30. The maximum Gasteiger partial charge on any atom is 0.227 e. The summed E-state index contributed by atoms with van der Waals surface area (Å²) in [5.41, 5.74) is 5.16. The van der Waals surface area contributed by atoms with E-state index >= 15 is 0 Å². The Kier molecular flexibility index (Phi) is 4.00. The van der Waals surface area contributed by atoms with E-state index < -0.39 is 0 Å². The van der Waals surface area contributed by atoms with Crippen LogP contribution in [0, 0.1) is 0 Å². The number of hydrogen-bond donors (Lipinski definition) is 0. The van der Waals surface area contributed by atoms with Gasteiger partial charge in [0.25, 0.3) is 0 Å². The Morgan fingerprint density at radius 2 is 1.62 bits per heavy atom. The minimum absolute atomic E-state index is 0.0232. The molecule has 0 radical (unpaired) electrons. The van der Waals surface area contributed by atoms with Crippen LogP contribution in [-0.4, -0.2) is 4.98 Å². The van der Waals surface area contributed by atoms with Gasteiger partial charge in [-0.2, -0.15) is 0 Å². The van der Waals surface area contributed by atoms with E-state index in [9.17, 15) is 0 Å². The average Bonchev–Trinajstić information content (AvgIpc) is 2.88. The Morgan fingerprint density at radius 1 is 0.917 bits per heavy atom. The van der Waals surface area contributed by atoms with Crippen LogP contribution in [-0.2, 0) is 10.8 Å². The van der Waals surface area contributed by atoms with Gasteiger partial charge in [-0.1, -0.05) is 65.3 Å². The summed E-state index contributed by atoms with van der Waals surface area (Å²) in [7, 11) is 0. The molecular formula is C21H24ClNO. The Bertz CT molecular complexity index is 894. The molecule has 0 bridgehead atoms. The van der Waals surface area contributed by atoms with Crippen LogP contribution in [0.4, 0.5) is 0 Å². The van der Waals surface area contributed by atoms with E-state index in [1.54, 1.807) is 0 Å². The van der Waals surface area contributed by atoms with E-state index in [1.807, 2.05) is 24.3 Å². The van der Waals surface area contributed by atoms with Crippen LogP contribution >= 0.6 is 11.6 Å². The molecule has 3 rings (SSSR count). The van der Waals surface area contributed by atoms with E-state index in [1.165, 1.54) is 11.1 Å². The summed E-state index contributed by atoms with van der Waals surface area (Å²) in [6, 6.07) is 12.0. The zero-order valence-electron chi connectivity index (χ0n) is 15.2. The van der Waals surface area contributed by atoms with Crippen LogP contribution in [0.5, 0.6) is 0 Å². The van der Waals surface area contributed by atoms with Crippen LogP contribution in [0.25, 0.3) is 22.6 Å². The molecule has 0 N–H and O–H groups in total. The van der Waals surface area contributed by atoms with Gasteiger partial charge in [-0.25, -0.2) is 4.98 Å². The topological polar surface area (TPSA) is 26.0 Å². The molecule has 24 heavy (non-hydrogen) atoms. The summed E-state index contributed by atoms with van der Waals surface area (Å²) < 4.78 is 6.16. The van der Waals surface area contributed by atoms with Crippen LogP contribution in [0.1, 0.15) is 52.7 Å². The molecule has 0 atom stereocenters. The first-order valence-corrected chi connectivity index (χ1v) is 8.65. The maximum atomic E-state index is 6.16. The van der Waals surface area contributed by atoms with Crippen molar-refractivity contribution in [2.45, 2.75) is 52.4 Å². The first kappa shape index (κ1) is 17.0. The molecule has 0 spiro atoms. The highest BCUT2D eigenvalue weighted by Gasteiger charge is 2.25. The molecule has 0 amide bonds. The normalized spacial score (nSPS) is 12.8. The number of fused-ring (bicyclic) bond motifs is 1. The van der Waals surface area contributed by atoms with Crippen molar-refractivity contribution in [3.05, 3.63) is 52.5 Å². The predicted molar refractivity (Wildman–Crippen MR) is 102 cm³/mol. The van der Waals surface area contributed by atoms with Gasteiger partial charge in [-0.15, -0.1) is 0 Å². The van der Waals surface area contributed by atoms with Gasteiger partial charge in [-0.05, 0) is 40.7 Å². The average molecular weight is 342 g/mol. The Balaban J connectivity index is 2.28. The predicted octanol–water partition coefficient (Wildman–Crippen LogP) is 6.74. The lowest BCUT2D eigenvalue weighted by atomic mass is 9.80. The molecule has 2 aromatic carbocycles. The number of oxazole rings is 1. The van der Waals surface area contributed by atoms with Gasteiger partial charge in [0.2, 0.25) is 5.89 Å². The van der Waals surface area contributed by atoms with Crippen molar-refractivity contribution in [2.24, 2.45) is 0 Å². The lowest BCUT2D eigenvalue weighted by Gasteiger charge is -2.24. The molecule has 3 heteroatoms. The fourth-order valence-electron chi connectivity index (χ4n) is 2.77. The fourth-order valence-corrected chi connectivity index (χ4v) is 2.96. The van der Waals surface area contributed by atoms with Crippen molar-refractivity contribution in [2.75, 3.05) is 0 Å². The largest absolute Gasteiger partial charge is 0.436 e. The van der Waals surface area contributed by atoms with Gasteiger partial charge in [0.15, 0.2) is 5.58 Å². The van der Waals surface area contributed by atoms with Crippen molar-refractivity contribution < 1.29 is 4.42 Å². The molecular weight excluding hydrogens is 318 g/mol. The Labute approximate surface area is 148 Å². The minimum Gasteiger partial charge on any atom is -0.436 e. The fraction of sp³-hybridized carbons (Fsp3) is 0.381. The van der Waals surface area contributed by atoms with Gasteiger partial charge in [-0.3, -0.25) is 0 Å². The standard InChI is InChI=1S/C21H24ClNO/c1-20(2,3)14-11-16(21(4,5)6)18-17(12-14)23-19(24-18)13-8-7-9-15(22)10-13/h7-12H,1-6H3. The molecule has 1 aromatic heterocycles. The molecule has 0 saturated carbocycles. The first-order valence-electron chi connectivity index (χ1n) is 8.27. The second kappa shape index (κ2) is 5.63. The van der Waals surface area contributed by atoms with Gasteiger partial charge in [0, 0.05) is 16.1 Å². The number of nitrogens with zero attached hydrogens (tertiary/aromatic N) is 1. The molecule has 0 aliphatic carbocycles. The van der Waals surface area contributed by atoms with Crippen LogP contribution in [0.3, 0.4) is 0 Å². The van der Waals surface area contributed by atoms with Gasteiger partial charge in [0.05, 0.1) is 0 Å². The molecule has 3 aromatic rings. The lowest BCUT2D eigenvalue weighted by molar-refractivity contribution is 0.552. The van der Waals surface area contributed by atoms with Crippen molar-refractivity contribution >= 4 is 22.7 Å². The summed E-state index contributed by atoms with van der Waals surface area (Å²) in [4.78, 5) is 4.75. The zero-order valence-corrected chi connectivity index (χ0v) is 16.0. The molecule has 1 heterocycles. The minimum atomic E-state index is -0.0232. The number of hydrogen-bond acceptors (Lipinski definition) is 2. The van der Waals surface area contributed by atoms with E-state index in [4.69, 9.17) is 21.0 Å². The number of benzene rings is 2. The highest BCUT2D eigenvalue weighted by atomic mass is 35.5. The molecule has 0 saturated heterocycles. The number of halogens is 1. The Hall–Kier alpha value is -1.80. The third kappa shape index (κ3) is 3.21. The van der Waals surface area contributed by atoms with Crippen molar-refractivity contribution in [3.63, 3.8) is 0 Å². The van der Waals surface area contributed by atoms with Crippen molar-refractivity contribution in [1.29, 1.82) is 0 Å². The van der Waals surface area contributed by atoms with Crippen molar-refractivity contribution in [1.82, 2.24) is 4.98 Å². The SMILES string of the molecule is CC(C)(C)c1cc(C(C)(C)C)c2oc(-c3cccc(Cl)c3)nc2c1. The summed E-state index contributed by atoms with van der Waals surface area (Å²) in [5, 5.41) is 0.682. The molecule has 0 aliphatic heterocycles. The monoisotopic (exact) mass is 341 g/mol. The van der Waals surface area contributed by atoms with E-state index in [-0.39, 0.29) is 10.8 Å². The summed E-state index contributed by atoms with van der Waals surface area (Å²) in [5.74, 6) is 0.615. The van der Waals surface area contributed by atoms with E-state index in [0.29, 0.717) is 10.9 Å². The van der Waals surface area contributed by atoms with Crippen molar-refractivity contribution in [3.8, 4) is 11.5 Å². The van der Waals surface area contributed by atoms with Crippen LogP contribution < -0.4 is 0 Å².